The molecule has 0 radical (unpaired) electrons. The topological polar surface area (TPSA) is 154 Å². The van der Waals surface area contributed by atoms with Crippen molar-refractivity contribution >= 4 is 45.2 Å². The highest BCUT2D eigenvalue weighted by atomic mass is 32.2. The van der Waals surface area contributed by atoms with Crippen LogP contribution in [0.5, 0.6) is 0 Å². The van der Waals surface area contributed by atoms with E-state index < -0.39 is 56.2 Å². The molecule has 1 heterocycles. The van der Waals surface area contributed by atoms with Crippen molar-refractivity contribution in [3.8, 4) is 0 Å². The summed E-state index contributed by atoms with van der Waals surface area (Å²) in [4.78, 5) is 57.3. The van der Waals surface area contributed by atoms with Gasteiger partial charge in [-0.05, 0) is 76.5 Å². The van der Waals surface area contributed by atoms with Gasteiger partial charge in [0.15, 0.2) is 0 Å². The maximum absolute atomic E-state index is 13.9. The lowest BCUT2D eigenvalue weighted by molar-refractivity contribution is -0.140. The highest BCUT2D eigenvalue weighted by molar-refractivity contribution is 7.91. The predicted molar refractivity (Wildman–Crippen MR) is 165 cm³/mol. The average Bonchev–Trinajstić information content (AvgIpc) is 3.84. The van der Waals surface area contributed by atoms with Crippen LogP contribution in [0, 0.1) is 17.8 Å². The van der Waals surface area contributed by atoms with Gasteiger partial charge < -0.3 is 19.9 Å². The first-order valence-electron chi connectivity index (χ1n) is 15.3. The van der Waals surface area contributed by atoms with Crippen molar-refractivity contribution < 1.29 is 32.3 Å². The van der Waals surface area contributed by atoms with Crippen LogP contribution in [0.3, 0.4) is 0 Å². The van der Waals surface area contributed by atoms with Gasteiger partial charge in [-0.1, -0.05) is 18.2 Å². The van der Waals surface area contributed by atoms with Crippen LogP contribution in [0.15, 0.2) is 36.4 Å². The second-order valence-electron chi connectivity index (χ2n) is 13.1. The molecule has 3 N–H and O–H groups in total. The van der Waals surface area contributed by atoms with E-state index in [1.165, 1.54) is 0 Å². The van der Waals surface area contributed by atoms with E-state index in [-0.39, 0.29) is 31.1 Å². The van der Waals surface area contributed by atoms with Crippen molar-refractivity contribution in [1.29, 1.82) is 0 Å². The summed E-state index contributed by atoms with van der Waals surface area (Å²) < 4.78 is 32.7. The third kappa shape index (κ3) is 6.57. The fourth-order valence-electron chi connectivity index (χ4n) is 6.15. The third-order valence-corrected chi connectivity index (χ3v) is 11.7. The zero-order valence-electron chi connectivity index (χ0n) is 25.8. The largest absolute Gasteiger partial charge is 0.446 e. The Morgan fingerprint density at radius 2 is 1.84 bits per heavy atom. The molecule has 0 aromatic heterocycles. The van der Waals surface area contributed by atoms with E-state index in [4.69, 9.17) is 4.74 Å². The number of nitrogens with zero attached hydrogens (tertiary/aromatic N) is 2. The van der Waals surface area contributed by atoms with E-state index in [2.05, 4.69) is 15.4 Å². The van der Waals surface area contributed by atoms with Crippen LogP contribution in [0.1, 0.15) is 58.3 Å². The molecule has 1 aromatic rings. The Hall–Kier alpha value is -3.61. The van der Waals surface area contributed by atoms with Crippen molar-refractivity contribution in [3.63, 3.8) is 0 Å². The maximum atomic E-state index is 13.9. The highest BCUT2D eigenvalue weighted by Gasteiger charge is 2.63. The number of hydrogen-bond donors (Lipinski definition) is 3. The highest BCUT2D eigenvalue weighted by Crippen LogP contribution is 2.48. The lowest BCUT2D eigenvalue weighted by Crippen LogP contribution is -2.55. The molecule has 13 heteroatoms. The van der Waals surface area contributed by atoms with E-state index in [0.717, 1.165) is 24.9 Å². The summed E-state index contributed by atoms with van der Waals surface area (Å²) in [6, 6.07) is 7.25. The summed E-state index contributed by atoms with van der Waals surface area (Å²) in [7, 11) is 1.56. The SMILES string of the molecule is CN1CCCCC=CC2CC2(C(=O)NS(=O)(=O)C2(C)CC2)NC(=O)C2CC(OC(=O)Nc3cccc(N(C)C)c3)CC2C1=O. The zero-order valence-corrected chi connectivity index (χ0v) is 26.6. The molecule has 1 aromatic carbocycles. The zero-order chi connectivity index (χ0) is 31.9. The number of benzene rings is 1. The monoisotopic (exact) mass is 629 g/mol. The van der Waals surface area contributed by atoms with Crippen LogP contribution in [-0.2, 0) is 29.1 Å². The van der Waals surface area contributed by atoms with Gasteiger partial charge in [-0.2, -0.15) is 0 Å². The fraction of sp³-hybridized carbons (Fsp3) is 0.613. The number of carbonyl (C=O) groups is 4. The van der Waals surface area contributed by atoms with E-state index in [9.17, 15) is 27.6 Å². The number of sulfonamides is 1. The molecule has 1 aliphatic heterocycles. The molecule has 5 unspecified atom stereocenters. The van der Waals surface area contributed by atoms with Crippen molar-refractivity contribution in [2.75, 3.05) is 37.9 Å². The Morgan fingerprint density at radius 1 is 1.11 bits per heavy atom. The third-order valence-electron chi connectivity index (χ3n) is 9.51. The first-order chi connectivity index (χ1) is 20.7. The van der Waals surface area contributed by atoms with Crippen molar-refractivity contribution in [2.24, 2.45) is 17.8 Å². The molecule has 0 bridgehead atoms. The predicted octanol–water partition coefficient (Wildman–Crippen LogP) is 2.77. The van der Waals surface area contributed by atoms with Gasteiger partial charge >= 0.3 is 6.09 Å². The molecule has 12 nitrogen and oxygen atoms in total. The van der Waals surface area contributed by atoms with Gasteiger partial charge in [-0.25, -0.2) is 13.2 Å². The molecule has 4 aliphatic rings. The summed E-state index contributed by atoms with van der Waals surface area (Å²) in [5, 5.41) is 5.58. The van der Waals surface area contributed by atoms with Crippen LogP contribution in [-0.4, -0.2) is 81.2 Å². The number of hydrogen-bond acceptors (Lipinski definition) is 8. The quantitative estimate of drug-likeness (QED) is 0.406. The number of anilines is 2. The number of ether oxygens (including phenoxy) is 1. The van der Waals surface area contributed by atoms with Gasteiger partial charge in [0.05, 0.1) is 16.6 Å². The molecule has 240 valence electrons. The molecular formula is C31H43N5O7S. The average molecular weight is 630 g/mol. The van der Waals surface area contributed by atoms with Crippen molar-refractivity contribution in [1.82, 2.24) is 14.9 Å². The Bertz CT molecular complexity index is 1460. The summed E-state index contributed by atoms with van der Waals surface area (Å²) in [5.74, 6) is -3.51. The van der Waals surface area contributed by atoms with E-state index >= 15 is 0 Å². The fourth-order valence-corrected chi connectivity index (χ4v) is 7.46. The summed E-state index contributed by atoms with van der Waals surface area (Å²) in [6.45, 7) is 2.12. The van der Waals surface area contributed by atoms with Crippen LogP contribution >= 0.6 is 0 Å². The summed E-state index contributed by atoms with van der Waals surface area (Å²) in [5.41, 5.74) is 0.00831. The number of amides is 4. The van der Waals surface area contributed by atoms with E-state index in [0.29, 0.717) is 25.1 Å². The van der Waals surface area contributed by atoms with Gasteiger partial charge in [0.1, 0.15) is 11.6 Å². The Morgan fingerprint density at radius 3 is 2.55 bits per heavy atom. The molecular weight excluding hydrogens is 586 g/mol. The van der Waals surface area contributed by atoms with E-state index in [1.807, 2.05) is 43.3 Å². The number of fused-ring (bicyclic) bond motifs is 2. The second kappa shape index (κ2) is 12.1. The first kappa shape index (κ1) is 31.8. The van der Waals surface area contributed by atoms with Crippen LogP contribution in [0.2, 0.25) is 0 Å². The molecule has 0 spiro atoms. The first-order valence-corrected chi connectivity index (χ1v) is 16.8. The molecule has 44 heavy (non-hydrogen) atoms. The van der Waals surface area contributed by atoms with Gasteiger partial charge in [-0.15, -0.1) is 0 Å². The minimum absolute atomic E-state index is 0.0931. The standard InChI is InChI=1S/C31H43N5O7S/c1-30(13-14-30)44(41,42)34-28(39)31-19-20(31)10-7-5-6-8-15-36(4)27(38)25-18-23(17-24(25)26(37)33-31)43-29(40)32-21-11-9-12-22(16-21)35(2)3/h7,9-12,16,20,23-25H,5-6,8,13-15,17-19H2,1-4H3,(H,32,40)(H,33,37)(H,34,39). The molecule has 5 rings (SSSR count). The molecule has 3 aliphatic carbocycles. The van der Waals surface area contributed by atoms with Gasteiger partial charge in [0, 0.05) is 45.0 Å². The van der Waals surface area contributed by atoms with Gasteiger partial charge in [0.25, 0.3) is 5.91 Å². The number of allylic oxidation sites excluding steroid dienone is 1. The Labute approximate surface area is 259 Å². The minimum atomic E-state index is -3.92. The summed E-state index contributed by atoms with van der Waals surface area (Å²) in [6.07, 6.45) is 6.17. The van der Waals surface area contributed by atoms with Crippen molar-refractivity contribution in [2.45, 2.75) is 74.7 Å². The van der Waals surface area contributed by atoms with Crippen molar-refractivity contribution in [3.05, 3.63) is 36.4 Å². The Balaban J connectivity index is 1.34. The van der Waals surface area contributed by atoms with E-state index in [1.54, 1.807) is 31.0 Å². The molecule has 4 amide bonds. The van der Waals surface area contributed by atoms with Gasteiger partial charge in [-0.3, -0.25) is 24.4 Å². The number of nitrogens with one attached hydrogen (secondary N) is 3. The molecule has 3 saturated carbocycles. The van der Waals surface area contributed by atoms with Crippen LogP contribution in [0.25, 0.3) is 0 Å². The van der Waals surface area contributed by atoms with Gasteiger partial charge in [0.2, 0.25) is 21.8 Å². The molecule has 5 atom stereocenters. The second-order valence-corrected chi connectivity index (χ2v) is 15.3. The molecule has 3 fully saturated rings. The van der Waals surface area contributed by atoms with Crippen LogP contribution < -0.4 is 20.3 Å². The lowest BCUT2D eigenvalue weighted by Gasteiger charge is -2.27. The maximum Gasteiger partial charge on any atom is 0.411 e. The number of rotatable bonds is 6. The molecule has 0 saturated heterocycles. The number of carbonyl (C=O) groups excluding carboxylic acids is 4. The lowest BCUT2D eigenvalue weighted by atomic mass is 9.93. The minimum Gasteiger partial charge on any atom is -0.446 e. The van der Waals surface area contributed by atoms with Crippen LogP contribution in [0.4, 0.5) is 16.2 Å². The smallest absolute Gasteiger partial charge is 0.411 e. The summed E-state index contributed by atoms with van der Waals surface area (Å²) >= 11 is 0. The normalized spacial score (nSPS) is 29.8. The Kier molecular flexibility index (Phi) is 8.71.